The molecule has 2 aliphatic rings. The fourth-order valence-corrected chi connectivity index (χ4v) is 5.26. The van der Waals surface area contributed by atoms with E-state index in [9.17, 15) is 13.2 Å². The number of hydrogen-bond acceptors (Lipinski definition) is 5. The first kappa shape index (κ1) is 22.6. The van der Waals surface area contributed by atoms with Crippen molar-refractivity contribution in [3.8, 4) is 5.75 Å². The number of hydrogen-bond donors (Lipinski definition) is 1. The SMILES string of the molecule is CN(C)S(=O)(=O)c1ccc(N2CCCCC2)c(C(=O)NC[C@@H]2COc3ccccc3C2)c1. The van der Waals surface area contributed by atoms with Gasteiger partial charge in [0, 0.05) is 45.3 Å². The van der Waals surface area contributed by atoms with Gasteiger partial charge in [-0.1, -0.05) is 18.2 Å². The van der Waals surface area contributed by atoms with Gasteiger partial charge >= 0.3 is 0 Å². The van der Waals surface area contributed by atoms with E-state index in [0.717, 1.165) is 49.4 Å². The minimum atomic E-state index is -3.63. The van der Waals surface area contributed by atoms with Gasteiger partial charge in [-0.25, -0.2) is 12.7 Å². The molecule has 0 aliphatic carbocycles. The molecule has 1 amide bonds. The molecule has 1 saturated heterocycles. The lowest BCUT2D eigenvalue weighted by Crippen LogP contribution is -2.37. The van der Waals surface area contributed by atoms with Crippen molar-refractivity contribution in [2.24, 2.45) is 5.92 Å². The average Bonchev–Trinajstić information content (AvgIpc) is 2.82. The lowest BCUT2D eigenvalue weighted by atomic mass is 9.96. The Kier molecular flexibility index (Phi) is 6.71. The number of benzene rings is 2. The summed E-state index contributed by atoms with van der Waals surface area (Å²) in [5.74, 6) is 0.824. The molecule has 1 atom stereocenters. The molecule has 0 unspecified atom stereocenters. The van der Waals surface area contributed by atoms with Crippen LogP contribution in [0.25, 0.3) is 0 Å². The number of rotatable bonds is 6. The average molecular weight is 458 g/mol. The molecule has 2 aromatic carbocycles. The van der Waals surface area contributed by atoms with E-state index in [4.69, 9.17) is 4.74 Å². The third-order valence-electron chi connectivity index (χ3n) is 6.20. The molecule has 0 radical (unpaired) electrons. The first-order valence-corrected chi connectivity index (χ1v) is 12.6. The fraction of sp³-hybridized carbons (Fsp3) is 0.458. The maximum atomic E-state index is 13.3. The standard InChI is InChI=1S/C24H31N3O4S/c1-26(2)32(29,30)20-10-11-22(27-12-6-3-7-13-27)21(15-20)24(28)25-16-18-14-19-8-4-5-9-23(19)31-17-18/h4-5,8-11,15,18H,3,6-7,12-14,16-17H2,1-2H3,(H,25,28)/t18-/m1/s1. The zero-order valence-electron chi connectivity index (χ0n) is 18.7. The Morgan fingerprint density at radius 1 is 1.12 bits per heavy atom. The molecular weight excluding hydrogens is 426 g/mol. The zero-order valence-corrected chi connectivity index (χ0v) is 19.5. The van der Waals surface area contributed by atoms with E-state index in [1.54, 1.807) is 12.1 Å². The van der Waals surface area contributed by atoms with E-state index in [1.807, 2.05) is 24.3 Å². The van der Waals surface area contributed by atoms with E-state index in [0.29, 0.717) is 18.7 Å². The Morgan fingerprint density at radius 3 is 2.62 bits per heavy atom. The third-order valence-corrected chi connectivity index (χ3v) is 8.01. The minimum Gasteiger partial charge on any atom is -0.493 e. The van der Waals surface area contributed by atoms with Gasteiger partial charge in [0.2, 0.25) is 10.0 Å². The molecule has 1 N–H and O–H groups in total. The van der Waals surface area contributed by atoms with Crippen molar-refractivity contribution in [1.29, 1.82) is 0 Å². The van der Waals surface area contributed by atoms with Crippen LogP contribution in [0.3, 0.4) is 0 Å². The van der Waals surface area contributed by atoms with Crippen molar-refractivity contribution in [2.75, 3.05) is 45.2 Å². The predicted octanol–water partition coefficient (Wildman–Crippen LogP) is 2.91. The summed E-state index contributed by atoms with van der Waals surface area (Å²) in [4.78, 5) is 15.6. The van der Waals surface area contributed by atoms with Gasteiger partial charge in [-0.05, 0) is 55.5 Å². The monoisotopic (exact) mass is 457 g/mol. The van der Waals surface area contributed by atoms with Crippen LogP contribution in [0, 0.1) is 5.92 Å². The van der Waals surface area contributed by atoms with Crippen molar-refractivity contribution in [3.05, 3.63) is 53.6 Å². The highest BCUT2D eigenvalue weighted by molar-refractivity contribution is 7.89. The van der Waals surface area contributed by atoms with Gasteiger partial charge in [0.25, 0.3) is 5.91 Å². The quantitative estimate of drug-likeness (QED) is 0.722. The number of ether oxygens (including phenoxy) is 1. The van der Waals surface area contributed by atoms with E-state index >= 15 is 0 Å². The molecule has 4 rings (SSSR count). The van der Waals surface area contributed by atoms with Crippen LogP contribution in [0.5, 0.6) is 5.75 Å². The second-order valence-electron chi connectivity index (χ2n) is 8.71. The lowest BCUT2D eigenvalue weighted by Gasteiger charge is -2.31. The Bertz CT molecular complexity index is 1080. The molecule has 2 heterocycles. The maximum absolute atomic E-state index is 13.3. The van der Waals surface area contributed by atoms with Gasteiger partial charge in [-0.2, -0.15) is 0 Å². The highest BCUT2D eigenvalue weighted by Gasteiger charge is 2.25. The number of anilines is 1. The Labute approximate surface area is 190 Å². The molecule has 0 bridgehead atoms. The predicted molar refractivity (Wildman–Crippen MR) is 125 cm³/mol. The highest BCUT2D eigenvalue weighted by atomic mass is 32.2. The van der Waals surface area contributed by atoms with E-state index < -0.39 is 10.0 Å². The third kappa shape index (κ3) is 4.76. The number of amides is 1. The number of piperidine rings is 1. The Morgan fingerprint density at radius 2 is 1.88 bits per heavy atom. The highest BCUT2D eigenvalue weighted by Crippen LogP contribution is 2.29. The van der Waals surface area contributed by atoms with Gasteiger partial charge in [0.1, 0.15) is 5.75 Å². The van der Waals surface area contributed by atoms with Gasteiger partial charge in [-0.15, -0.1) is 0 Å². The summed E-state index contributed by atoms with van der Waals surface area (Å²) < 4.78 is 32.4. The summed E-state index contributed by atoms with van der Waals surface area (Å²) in [5.41, 5.74) is 2.35. The molecule has 0 saturated carbocycles. The minimum absolute atomic E-state index is 0.128. The van der Waals surface area contributed by atoms with E-state index in [-0.39, 0.29) is 16.7 Å². The first-order valence-electron chi connectivity index (χ1n) is 11.2. The van der Waals surface area contributed by atoms with Crippen LogP contribution in [0.15, 0.2) is 47.4 Å². The molecule has 2 aromatic rings. The van der Waals surface area contributed by atoms with Crippen LogP contribution in [-0.2, 0) is 16.4 Å². The summed E-state index contributed by atoms with van der Waals surface area (Å²) in [6.45, 7) is 2.75. The second-order valence-corrected chi connectivity index (χ2v) is 10.9. The van der Waals surface area contributed by atoms with Crippen molar-refractivity contribution in [2.45, 2.75) is 30.6 Å². The number of nitrogens with zero attached hydrogens (tertiary/aromatic N) is 2. The van der Waals surface area contributed by atoms with Crippen LogP contribution in [0.4, 0.5) is 5.69 Å². The lowest BCUT2D eigenvalue weighted by molar-refractivity contribution is 0.0939. The van der Waals surface area contributed by atoms with E-state index in [1.165, 1.54) is 30.9 Å². The first-order chi connectivity index (χ1) is 15.4. The van der Waals surface area contributed by atoms with Crippen molar-refractivity contribution >= 4 is 21.6 Å². The summed E-state index contributed by atoms with van der Waals surface area (Å²) in [7, 11) is -0.645. The number of fused-ring (bicyclic) bond motifs is 1. The number of carbonyl (C=O) groups is 1. The molecule has 0 spiro atoms. The topological polar surface area (TPSA) is 79.0 Å². The molecule has 8 heteroatoms. The van der Waals surface area contributed by atoms with Crippen molar-refractivity contribution in [1.82, 2.24) is 9.62 Å². The molecule has 0 aromatic heterocycles. The number of sulfonamides is 1. The van der Waals surface area contributed by atoms with Crippen LogP contribution in [0.1, 0.15) is 35.2 Å². The summed E-state index contributed by atoms with van der Waals surface area (Å²) in [6, 6.07) is 12.8. The fourth-order valence-electron chi connectivity index (χ4n) is 4.33. The van der Waals surface area contributed by atoms with Crippen molar-refractivity contribution < 1.29 is 17.9 Å². The van der Waals surface area contributed by atoms with Crippen LogP contribution in [0.2, 0.25) is 0 Å². The number of nitrogens with one attached hydrogen (secondary N) is 1. The Balaban J connectivity index is 1.55. The summed E-state index contributed by atoms with van der Waals surface area (Å²) in [5, 5.41) is 3.03. The smallest absolute Gasteiger partial charge is 0.253 e. The number of carbonyl (C=O) groups excluding carboxylic acids is 1. The zero-order chi connectivity index (χ0) is 22.7. The molecule has 32 heavy (non-hydrogen) atoms. The van der Waals surface area contributed by atoms with Gasteiger partial charge in [-0.3, -0.25) is 4.79 Å². The molecular formula is C24H31N3O4S. The van der Waals surface area contributed by atoms with Gasteiger partial charge < -0.3 is 15.0 Å². The van der Waals surface area contributed by atoms with Crippen LogP contribution < -0.4 is 15.0 Å². The van der Waals surface area contributed by atoms with Gasteiger partial charge in [0.05, 0.1) is 17.1 Å². The number of para-hydroxylation sites is 1. The van der Waals surface area contributed by atoms with Crippen LogP contribution >= 0.6 is 0 Å². The largest absolute Gasteiger partial charge is 0.493 e. The molecule has 1 fully saturated rings. The van der Waals surface area contributed by atoms with E-state index in [2.05, 4.69) is 10.2 Å². The van der Waals surface area contributed by atoms with Crippen molar-refractivity contribution in [3.63, 3.8) is 0 Å². The van der Waals surface area contributed by atoms with Gasteiger partial charge in [0.15, 0.2) is 0 Å². The maximum Gasteiger partial charge on any atom is 0.253 e. The second kappa shape index (κ2) is 9.50. The molecule has 2 aliphatic heterocycles. The Hall–Kier alpha value is -2.58. The molecule has 172 valence electrons. The van der Waals surface area contributed by atoms with Crippen LogP contribution in [-0.4, -0.2) is 59.0 Å². The summed E-state index contributed by atoms with van der Waals surface area (Å²) >= 11 is 0. The summed E-state index contributed by atoms with van der Waals surface area (Å²) in [6.07, 6.45) is 4.15. The normalized spacial score (nSPS) is 18.7. The molecule has 7 nitrogen and oxygen atoms in total.